The van der Waals surface area contributed by atoms with Crippen molar-refractivity contribution >= 4 is 21.6 Å². The van der Waals surface area contributed by atoms with E-state index in [1.165, 1.54) is 28.5 Å². The van der Waals surface area contributed by atoms with E-state index in [2.05, 4.69) is 25.6 Å². The van der Waals surface area contributed by atoms with E-state index < -0.39 is 21.5 Å². The molecule has 1 aliphatic heterocycles. The van der Waals surface area contributed by atoms with Crippen molar-refractivity contribution in [2.75, 3.05) is 11.9 Å². The van der Waals surface area contributed by atoms with Crippen LogP contribution < -0.4 is 14.8 Å². The highest BCUT2D eigenvalue weighted by atomic mass is 32.2. The average Bonchev–Trinajstić information content (AvgIpc) is 3.91. The molecule has 0 saturated carbocycles. The summed E-state index contributed by atoms with van der Waals surface area (Å²) in [7, 11) is -3.77. The van der Waals surface area contributed by atoms with Gasteiger partial charge < -0.3 is 10.1 Å². The lowest BCUT2D eigenvalue weighted by Crippen LogP contribution is -2.48. The number of rotatable bonds is 7. The van der Waals surface area contributed by atoms with Crippen LogP contribution in [0, 0.1) is 0 Å². The number of aromatic nitrogens is 2. The Hall–Kier alpha value is -4.73. The molecule has 2 atom stereocenters. The van der Waals surface area contributed by atoms with Crippen molar-refractivity contribution in [3.8, 4) is 5.88 Å². The molecule has 47 heavy (non-hydrogen) atoms. The lowest BCUT2D eigenvalue weighted by atomic mass is 9.78. The van der Waals surface area contributed by atoms with Gasteiger partial charge in [-0.2, -0.15) is 5.10 Å². The van der Waals surface area contributed by atoms with Gasteiger partial charge in [0, 0.05) is 5.69 Å². The first-order valence-corrected chi connectivity index (χ1v) is 17.9. The number of carbonyl (C=O) groups excluding carboxylic acids is 1. The van der Waals surface area contributed by atoms with Gasteiger partial charge in [0.15, 0.2) is 9.92 Å². The van der Waals surface area contributed by atoms with Crippen molar-refractivity contribution in [2.24, 2.45) is 4.36 Å². The van der Waals surface area contributed by atoms with Crippen molar-refractivity contribution in [2.45, 2.75) is 61.9 Å². The molecule has 0 radical (unpaired) electrons. The standard InChI is InChI=1S/C38H37N5O3S/c1-26-25-46-36-34(24-39-43(26)36)47(45,41-37(44)40-35-32-21-11-13-27(32)23-28-14-12-22-33(28)35)42-38(29-15-5-2-6-16-29,30-17-7-3-8-18-30)31-19-9-4-10-20-31/h2-10,15-20,23-24,26H,11-14,21-22,25H2,1H3,(H2,40,41,42,44,45)/t26-,47+/m1/s1. The second-order valence-electron chi connectivity index (χ2n) is 12.7. The maximum atomic E-state index is 15.8. The molecular weight excluding hydrogens is 607 g/mol. The lowest BCUT2D eigenvalue weighted by molar-refractivity contribution is 0.260. The van der Waals surface area contributed by atoms with Gasteiger partial charge in [0.05, 0.1) is 12.2 Å². The fourth-order valence-electron chi connectivity index (χ4n) is 7.54. The van der Waals surface area contributed by atoms with Crippen molar-refractivity contribution in [1.82, 2.24) is 14.5 Å². The summed E-state index contributed by atoms with van der Waals surface area (Å²) in [4.78, 5) is 14.5. The number of amides is 2. The van der Waals surface area contributed by atoms with Crippen LogP contribution >= 0.6 is 0 Å². The van der Waals surface area contributed by atoms with Gasteiger partial charge in [0.2, 0.25) is 5.88 Å². The molecule has 238 valence electrons. The Morgan fingerprint density at radius 3 is 1.91 bits per heavy atom. The monoisotopic (exact) mass is 643 g/mol. The summed E-state index contributed by atoms with van der Waals surface area (Å²) >= 11 is 0. The predicted octanol–water partition coefficient (Wildman–Crippen LogP) is 7.37. The number of aryl methyl sites for hydroxylation is 2. The van der Waals surface area contributed by atoms with Crippen LogP contribution in [0.1, 0.15) is 64.8 Å². The molecule has 0 saturated heterocycles. The Kier molecular flexibility index (Phi) is 7.45. The summed E-state index contributed by atoms with van der Waals surface area (Å²) in [6.07, 6.45) is 7.48. The maximum absolute atomic E-state index is 15.8. The van der Waals surface area contributed by atoms with Crippen LogP contribution in [-0.2, 0) is 41.1 Å². The van der Waals surface area contributed by atoms with Crippen LogP contribution in [0.25, 0.3) is 0 Å². The molecule has 2 amide bonds. The number of hydrogen-bond acceptors (Lipinski definition) is 4. The van der Waals surface area contributed by atoms with Crippen molar-refractivity contribution in [3.05, 3.63) is 142 Å². The first-order valence-electron chi connectivity index (χ1n) is 16.4. The van der Waals surface area contributed by atoms with Crippen LogP contribution in [0.5, 0.6) is 5.88 Å². The minimum atomic E-state index is -3.77. The molecule has 0 spiro atoms. The quantitative estimate of drug-likeness (QED) is 0.181. The van der Waals surface area contributed by atoms with Crippen LogP contribution in [0.4, 0.5) is 10.5 Å². The Labute approximate surface area is 275 Å². The fraction of sp³-hybridized carbons (Fsp3) is 0.263. The number of fused-ring (bicyclic) bond motifs is 3. The van der Waals surface area contributed by atoms with Gasteiger partial charge in [-0.05, 0) is 84.4 Å². The van der Waals surface area contributed by atoms with E-state index in [-0.39, 0.29) is 10.9 Å². The minimum absolute atomic E-state index is 0.0483. The van der Waals surface area contributed by atoms with Gasteiger partial charge in [0.25, 0.3) is 0 Å². The van der Waals surface area contributed by atoms with Gasteiger partial charge in [-0.3, -0.25) is 0 Å². The normalized spacial score (nSPS) is 17.7. The summed E-state index contributed by atoms with van der Waals surface area (Å²) in [6, 6.07) is 31.3. The highest BCUT2D eigenvalue weighted by Crippen LogP contribution is 2.42. The minimum Gasteiger partial charge on any atom is -0.475 e. The van der Waals surface area contributed by atoms with E-state index in [9.17, 15) is 4.79 Å². The summed E-state index contributed by atoms with van der Waals surface area (Å²) in [5.74, 6) is 0.358. The number of carbonyl (C=O) groups is 1. The van der Waals surface area contributed by atoms with E-state index in [4.69, 9.17) is 4.74 Å². The van der Waals surface area contributed by atoms with Crippen molar-refractivity contribution in [3.63, 3.8) is 0 Å². The van der Waals surface area contributed by atoms with E-state index in [0.29, 0.717) is 12.5 Å². The number of ether oxygens (including phenoxy) is 1. The van der Waals surface area contributed by atoms with Gasteiger partial charge in [0.1, 0.15) is 17.0 Å². The predicted molar refractivity (Wildman–Crippen MR) is 183 cm³/mol. The molecule has 9 heteroatoms. The van der Waals surface area contributed by atoms with Crippen LogP contribution in [0.3, 0.4) is 0 Å². The highest BCUT2D eigenvalue weighted by Gasteiger charge is 2.42. The molecular formula is C38H37N5O3S. The second kappa shape index (κ2) is 11.8. The Bertz CT molecular complexity index is 1960. The molecule has 2 N–H and O–H groups in total. The number of benzene rings is 4. The first kappa shape index (κ1) is 29.7. The molecule has 4 aromatic carbocycles. The molecule has 0 fully saturated rings. The zero-order valence-electron chi connectivity index (χ0n) is 26.3. The smallest absolute Gasteiger partial charge is 0.354 e. The number of hydrogen-bond donors (Lipinski definition) is 2. The summed E-state index contributed by atoms with van der Waals surface area (Å²) in [5, 5.41) is 7.71. The van der Waals surface area contributed by atoms with Crippen molar-refractivity contribution in [1.29, 1.82) is 0 Å². The third kappa shape index (κ3) is 5.05. The van der Waals surface area contributed by atoms with Crippen LogP contribution in [0.2, 0.25) is 0 Å². The number of anilines is 1. The van der Waals surface area contributed by atoms with E-state index in [0.717, 1.165) is 60.9 Å². The second-order valence-corrected chi connectivity index (χ2v) is 14.5. The third-order valence-corrected chi connectivity index (χ3v) is 11.6. The van der Waals surface area contributed by atoms with E-state index in [1.54, 1.807) is 4.68 Å². The van der Waals surface area contributed by atoms with Crippen molar-refractivity contribution < 1.29 is 13.7 Å². The Balaban J connectivity index is 1.34. The van der Waals surface area contributed by atoms with Gasteiger partial charge in [-0.1, -0.05) is 97.1 Å². The Morgan fingerprint density at radius 2 is 1.38 bits per heavy atom. The molecule has 2 aliphatic carbocycles. The molecule has 5 aromatic rings. The molecule has 8 nitrogen and oxygen atoms in total. The third-order valence-electron chi connectivity index (χ3n) is 9.72. The largest absolute Gasteiger partial charge is 0.475 e. The summed E-state index contributed by atoms with van der Waals surface area (Å²) in [6.45, 7) is 2.38. The van der Waals surface area contributed by atoms with E-state index in [1.807, 2.05) is 97.9 Å². The molecule has 0 bridgehead atoms. The zero-order valence-corrected chi connectivity index (χ0v) is 27.1. The summed E-state index contributed by atoms with van der Waals surface area (Å²) in [5.41, 5.74) is 7.19. The van der Waals surface area contributed by atoms with Crippen LogP contribution in [0.15, 0.2) is 113 Å². The zero-order chi connectivity index (χ0) is 32.0. The average molecular weight is 644 g/mol. The van der Waals surface area contributed by atoms with Crippen LogP contribution in [-0.4, -0.2) is 26.6 Å². The number of urea groups is 1. The van der Waals surface area contributed by atoms with E-state index >= 15 is 4.21 Å². The molecule has 2 heterocycles. The fourth-order valence-corrected chi connectivity index (χ4v) is 9.42. The lowest BCUT2D eigenvalue weighted by Gasteiger charge is -2.37. The molecule has 0 unspecified atom stereocenters. The number of nitrogens with zero attached hydrogens (tertiary/aromatic N) is 3. The van der Waals surface area contributed by atoms with Gasteiger partial charge in [-0.25, -0.2) is 18.4 Å². The molecule has 1 aromatic heterocycles. The molecule has 8 rings (SSSR count). The topological polar surface area (TPSA) is 97.6 Å². The highest BCUT2D eigenvalue weighted by molar-refractivity contribution is 7.92. The van der Waals surface area contributed by atoms with Gasteiger partial charge >= 0.3 is 6.03 Å². The number of nitrogens with one attached hydrogen (secondary N) is 2. The molecule has 3 aliphatic rings. The Morgan fingerprint density at radius 1 is 0.851 bits per heavy atom. The maximum Gasteiger partial charge on any atom is 0.354 e. The first-order chi connectivity index (χ1) is 23.0. The summed E-state index contributed by atoms with van der Waals surface area (Å²) < 4.78 is 31.8. The van der Waals surface area contributed by atoms with Gasteiger partial charge in [-0.15, -0.1) is 4.36 Å². The SMILES string of the molecule is C[C@@H]1COc2c([S@](=O)(=NC(=O)Nc3c4c(cc5c3CCC5)CCC4)NC(c3ccccc3)(c3ccccc3)c3ccccc3)cnn21.